The van der Waals surface area contributed by atoms with Crippen LogP contribution in [-0.4, -0.2) is 11.3 Å². The molecule has 3 heteroatoms. The van der Waals surface area contributed by atoms with E-state index in [4.69, 9.17) is 5.73 Å². The van der Waals surface area contributed by atoms with E-state index in [2.05, 4.69) is 37.7 Å². The predicted octanol–water partition coefficient (Wildman–Crippen LogP) is 4.51. The van der Waals surface area contributed by atoms with Gasteiger partial charge in [0.15, 0.2) is 0 Å². The fraction of sp³-hybridized carbons (Fsp3) is 0.714. The Morgan fingerprint density at radius 2 is 2.12 bits per heavy atom. The number of nitrogens with two attached hydrogens (primary N) is 1. The lowest BCUT2D eigenvalue weighted by atomic mass is 10.1. The maximum absolute atomic E-state index is 6.32. The van der Waals surface area contributed by atoms with Gasteiger partial charge in [0.05, 0.1) is 5.25 Å². The van der Waals surface area contributed by atoms with Crippen molar-refractivity contribution in [3.05, 3.63) is 21.9 Å². The molecule has 1 nitrogen and oxygen atoms in total. The van der Waals surface area contributed by atoms with E-state index < -0.39 is 0 Å². The van der Waals surface area contributed by atoms with Gasteiger partial charge in [-0.05, 0) is 38.3 Å². The molecule has 1 aromatic heterocycles. The zero-order valence-electron chi connectivity index (χ0n) is 10.8. The van der Waals surface area contributed by atoms with Crippen LogP contribution in [0.3, 0.4) is 0 Å². The third-order valence-corrected chi connectivity index (χ3v) is 6.53. The Hall–Kier alpha value is 0.01000. The van der Waals surface area contributed by atoms with Gasteiger partial charge in [-0.25, -0.2) is 0 Å². The van der Waals surface area contributed by atoms with Crippen LogP contribution in [0.1, 0.15) is 54.0 Å². The molecule has 0 aliphatic heterocycles. The molecule has 1 heterocycles. The largest absolute Gasteiger partial charge is 0.326 e. The molecule has 0 radical (unpaired) electrons. The van der Waals surface area contributed by atoms with Crippen LogP contribution < -0.4 is 5.73 Å². The number of thioether (sulfide) groups is 1. The summed E-state index contributed by atoms with van der Waals surface area (Å²) in [6, 6.07) is 4.81. The van der Waals surface area contributed by atoms with E-state index in [1.165, 1.54) is 35.4 Å². The maximum Gasteiger partial charge on any atom is 0.0544 e. The molecule has 1 aromatic rings. The van der Waals surface area contributed by atoms with Gasteiger partial charge in [-0.3, -0.25) is 0 Å². The van der Waals surface area contributed by atoms with Crippen LogP contribution in [-0.2, 0) is 0 Å². The van der Waals surface area contributed by atoms with Crippen molar-refractivity contribution in [2.45, 2.75) is 62.5 Å². The Labute approximate surface area is 113 Å². The Balaban J connectivity index is 2.07. The van der Waals surface area contributed by atoms with E-state index in [9.17, 15) is 0 Å². The molecular formula is C14H23NS2. The monoisotopic (exact) mass is 269 g/mol. The van der Waals surface area contributed by atoms with Gasteiger partial charge in [-0.15, -0.1) is 23.1 Å². The summed E-state index contributed by atoms with van der Waals surface area (Å²) >= 11 is 4.06. The third-order valence-electron chi connectivity index (χ3n) is 3.54. The summed E-state index contributed by atoms with van der Waals surface area (Å²) in [5, 5.41) is 1.36. The molecule has 2 unspecified atom stereocenters. The zero-order valence-corrected chi connectivity index (χ0v) is 12.4. The van der Waals surface area contributed by atoms with E-state index in [0.29, 0.717) is 11.3 Å². The highest BCUT2D eigenvalue weighted by Crippen LogP contribution is 2.43. The van der Waals surface area contributed by atoms with Crippen LogP contribution in [0.5, 0.6) is 0 Å². The minimum Gasteiger partial charge on any atom is -0.326 e. The molecule has 17 heavy (non-hydrogen) atoms. The quantitative estimate of drug-likeness (QED) is 0.851. The standard InChI is InChI=1S/C14H23NS2/c1-3-12(15)14(13-9-8-10(2)16-13)17-11-6-4-5-7-11/h8-9,11-12,14H,3-7,15H2,1-2H3. The number of thiophene rings is 1. The van der Waals surface area contributed by atoms with Crippen molar-refractivity contribution in [3.8, 4) is 0 Å². The number of rotatable bonds is 5. The molecule has 0 amide bonds. The molecule has 0 bridgehead atoms. The van der Waals surface area contributed by atoms with Crippen LogP contribution >= 0.6 is 23.1 Å². The van der Waals surface area contributed by atoms with Gasteiger partial charge in [0, 0.05) is 21.0 Å². The van der Waals surface area contributed by atoms with E-state index in [1.807, 2.05) is 11.3 Å². The zero-order chi connectivity index (χ0) is 12.3. The molecule has 0 spiro atoms. The van der Waals surface area contributed by atoms with Gasteiger partial charge in [0.2, 0.25) is 0 Å². The highest BCUT2D eigenvalue weighted by Gasteiger charge is 2.26. The Kier molecular flexibility index (Phi) is 4.95. The van der Waals surface area contributed by atoms with Gasteiger partial charge >= 0.3 is 0 Å². The Morgan fingerprint density at radius 1 is 1.41 bits per heavy atom. The molecule has 1 saturated carbocycles. The lowest BCUT2D eigenvalue weighted by Crippen LogP contribution is -2.26. The SMILES string of the molecule is CCC(N)C(SC1CCCC1)c1ccc(C)s1. The molecule has 1 aliphatic rings. The first-order valence-electron chi connectivity index (χ1n) is 6.68. The lowest BCUT2D eigenvalue weighted by molar-refractivity contribution is 0.636. The van der Waals surface area contributed by atoms with Crippen molar-refractivity contribution in [2.24, 2.45) is 5.73 Å². The van der Waals surface area contributed by atoms with Gasteiger partial charge in [-0.2, -0.15) is 0 Å². The summed E-state index contributed by atoms with van der Waals surface area (Å²) in [6.45, 7) is 4.39. The van der Waals surface area contributed by atoms with E-state index >= 15 is 0 Å². The van der Waals surface area contributed by atoms with Crippen molar-refractivity contribution in [3.63, 3.8) is 0 Å². The van der Waals surface area contributed by atoms with Crippen molar-refractivity contribution < 1.29 is 0 Å². The fourth-order valence-electron chi connectivity index (χ4n) is 2.43. The lowest BCUT2D eigenvalue weighted by Gasteiger charge is -2.24. The second-order valence-electron chi connectivity index (χ2n) is 4.98. The first kappa shape index (κ1) is 13.4. The van der Waals surface area contributed by atoms with Gasteiger partial charge < -0.3 is 5.73 Å². The molecule has 96 valence electrons. The minimum absolute atomic E-state index is 0.304. The maximum atomic E-state index is 6.32. The average molecular weight is 269 g/mol. The second-order valence-corrected chi connectivity index (χ2v) is 7.75. The van der Waals surface area contributed by atoms with Gasteiger partial charge in [-0.1, -0.05) is 19.8 Å². The molecule has 1 aliphatic carbocycles. The van der Waals surface area contributed by atoms with E-state index in [-0.39, 0.29) is 0 Å². The summed E-state index contributed by atoms with van der Waals surface area (Å²) in [6.07, 6.45) is 6.68. The molecule has 2 rings (SSSR count). The molecular weight excluding hydrogens is 246 g/mol. The molecule has 2 atom stereocenters. The number of aryl methyl sites for hydroxylation is 1. The highest BCUT2D eigenvalue weighted by molar-refractivity contribution is 8.00. The normalized spacial score (nSPS) is 20.6. The second kappa shape index (κ2) is 6.26. The fourth-order valence-corrected chi connectivity index (χ4v) is 5.30. The Bertz CT molecular complexity index is 342. The molecule has 0 saturated heterocycles. The first-order valence-corrected chi connectivity index (χ1v) is 8.44. The Morgan fingerprint density at radius 3 is 2.65 bits per heavy atom. The van der Waals surface area contributed by atoms with Crippen LogP contribution in [0.4, 0.5) is 0 Å². The summed E-state index contributed by atoms with van der Waals surface area (Å²) in [5.41, 5.74) is 6.32. The third kappa shape index (κ3) is 3.49. The van der Waals surface area contributed by atoms with Gasteiger partial charge in [0.1, 0.15) is 0 Å². The molecule has 1 fully saturated rings. The van der Waals surface area contributed by atoms with E-state index in [0.717, 1.165) is 11.7 Å². The van der Waals surface area contributed by atoms with E-state index in [1.54, 1.807) is 0 Å². The molecule has 0 aromatic carbocycles. The number of hydrogen-bond acceptors (Lipinski definition) is 3. The van der Waals surface area contributed by atoms with Crippen molar-refractivity contribution >= 4 is 23.1 Å². The average Bonchev–Trinajstić information content (AvgIpc) is 2.96. The van der Waals surface area contributed by atoms with Crippen molar-refractivity contribution in [1.29, 1.82) is 0 Å². The summed E-state index contributed by atoms with van der Waals surface area (Å²) in [5.74, 6) is 0. The predicted molar refractivity (Wildman–Crippen MR) is 79.9 cm³/mol. The van der Waals surface area contributed by atoms with Crippen LogP contribution in [0, 0.1) is 6.92 Å². The van der Waals surface area contributed by atoms with Crippen LogP contribution in [0.15, 0.2) is 12.1 Å². The topological polar surface area (TPSA) is 26.0 Å². The van der Waals surface area contributed by atoms with Crippen molar-refractivity contribution in [2.75, 3.05) is 0 Å². The summed E-state index contributed by atoms with van der Waals surface area (Å²) in [4.78, 5) is 2.88. The van der Waals surface area contributed by atoms with Crippen LogP contribution in [0.25, 0.3) is 0 Å². The first-order chi connectivity index (χ1) is 8.20. The van der Waals surface area contributed by atoms with Crippen LogP contribution in [0.2, 0.25) is 0 Å². The van der Waals surface area contributed by atoms with Gasteiger partial charge in [0.25, 0.3) is 0 Å². The molecule has 2 N–H and O–H groups in total. The minimum atomic E-state index is 0.304. The smallest absolute Gasteiger partial charge is 0.0544 e. The summed E-state index contributed by atoms with van der Waals surface area (Å²) < 4.78 is 0. The summed E-state index contributed by atoms with van der Waals surface area (Å²) in [7, 11) is 0. The van der Waals surface area contributed by atoms with Crippen molar-refractivity contribution in [1.82, 2.24) is 0 Å². The number of hydrogen-bond donors (Lipinski definition) is 1. The highest BCUT2D eigenvalue weighted by atomic mass is 32.2.